The predicted octanol–water partition coefficient (Wildman–Crippen LogP) is 0.815. The molecule has 0 bridgehead atoms. The number of nitrogens with two attached hydrogens (primary N) is 1. The van der Waals surface area contributed by atoms with E-state index in [1.807, 2.05) is 6.92 Å². The summed E-state index contributed by atoms with van der Waals surface area (Å²) in [5.41, 5.74) is 5.50. The van der Waals surface area contributed by atoms with Gasteiger partial charge in [-0.15, -0.1) is 0 Å². The second-order valence-electron chi connectivity index (χ2n) is 3.55. The van der Waals surface area contributed by atoms with Crippen LogP contribution >= 0.6 is 12.2 Å². The molecule has 7 heteroatoms. The van der Waals surface area contributed by atoms with Gasteiger partial charge in [0.25, 0.3) is 0 Å². The summed E-state index contributed by atoms with van der Waals surface area (Å²) in [4.78, 5) is 4.03. The van der Waals surface area contributed by atoms with Gasteiger partial charge in [-0.25, -0.2) is 13.1 Å². The summed E-state index contributed by atoms with van der Waals surface area (Å²) in [5, 5.41) is 0. The number of hydrogen-bond donors (Lipinski definition) is 2. The van der Waals surface area contributed by atoms with E-state index < -0.39 is 16.1 Å². The summed E-state index contributed by atoms with van der Waals surface area (Å²) in [6.07, 6.45) is 4.16. The highest BCUT2D eigenvalue weighted by atomic mass is 32.2. The fourth-order valence-corrected chi connectivity index (χ4v) is 2.77. The Kier molecular flexibility index (Phi) is 4.98. The van der Waals surface area contributed by atoms with Crippen LogP contribution in [0, 0.1) is 0 Å². The first-order valence-corrected chi connectivity index (χ1v) is 7.08. The number of hydrogen-bond acceptors (Lipinski definition) is 4. The second-order valence-corrected chi connectivity index (χ2v) is 5.74. The van der Waals surface area contributed by atoms with Crippen LogP contribution in [0.25, 0.3) is 0 Å². The van der Waals surface area contributed by atoms with Crippen LogP contribution in [0.4, 0.5) is 0 Å². The lowest BCUT2D eigenvalue weighted by Crippen LogP contribution is -2.43. The number of sulfonamides is 1. The number of nitrogens with zero attached hydrogens (tertiary/aromatic N) is 1. The molecule has 0 fully saturated rings. The Bertz CT molecular complexity index is 474. The summed E-state index contributed by atoms with van der Waals surface area (Å²) in [6.45, 7) is 1.93. The van der Waals surface area contributed by atoms with Crippen molar-refractivity contribution in [3.63, 3.8) is 0 Å². The van der Waals surface area contributed by atoms with Crippen LogP contribution in [0.5, 0.6) is 0 Å². The molecular formula is C10H15N3O2S2. The predicted molar refractivity (Wildman–Crippen MR) is 70.0 cm³/mol. The van der Waals surface area contributed by atoms with Crippen LogP contribution in [0.15, 0.2) is 29.4 Å². The topological polar surface area (TPSA) is 85.1 Å². The Labute approximate surface area is 106 Å². The molecule has 1 atom stereocenters. The molecule has 0 radical (unpaired) electrons. The van der Waals surface area contributed by atoms with E-state index >= 15 is 0 Å². The smallest absolute Gasteiger partial charge is 0.242 e. The van der Waals surface area contributed by atoms with Gasteiger partial charge in [-0.2, -0.15) is 0 Å². The largest absolute Gasteiger partial charge is 0.392 e. The molecule has 1 heterocycles. The van der Waals surface area contributed by atoms with Gasteiger partial charge in [-0.1, -0.05) is 25.6 Å². The lowest BCUT2D eigenvalue weighted by molar-refractivity contribution is 0.567. The van der Waals surface area contributed by atoms with Gasteiger partial charge in [0.15, 0.2) is 0 Å². The van der Waals surface area contributed by atoms with E-state index in [9.17, 15) is 8.42 Å². The third kappa shape index (κ3) is 4.03. The monoisotopic (exact) mass is 273 g/mol. The molecule has 0 saturated heterocycles. The molecule has 0 saturated carbocycles. The van der Waals surface area contributed by atoms with Crippen molar-refractivity contribution in [2.24, 2.45) is 5.73 Å². The third-order valence-electron chi connectivity index (χ3n) is 2.16. The second kappa shape index (κ2) is 6.04. The molecule has 5 nitrogen and oxygen atoms in total. The summed E-state index contributed by atoms with van der Waals surface area (Å²) >= 11 is 4.84. The zero-order valence-corrected chi connectivity index (χ0v) is 11.1. The van der Waals surface area contributed by atoms with Crippen LogP contribution in [-0.2, 0) is 10.0 Å². The Morgan fingerprint density at radius 2 is 2.35 bits per heavy atom. The van der Waals surface area contributed by atoms with E-state index in [1.165, 1.54) is 18.5 Å². The normalized spacial score (nSPS) is 13.2. The van der Waals surface area contributed by atoms with Crippen molar-refractivity contribution in [2.75, 3.05) is 0 Å². The molecule has 0 aliphatic heterocycles. The summed E-state index contributed by atoms with van der Waals surface area (Å²) in [7, 11) is -3.61. The quantitative estimate of drug-likeness (QED) is 0.749. The molecule has 17 heavy (non-hydrogen) atoms. The number of pyridine rings is 1. The minimum Gasteiger partial charge on any atom is -0.392 e. The molecule has 1 unspecified atom stereocenters. The van der Waals surface area contributed by atoms with Crippen molar-refractivity contribution in [1.82, 2.24) is 9.71 Å². The first-order valence-electron chi connectivity index (χ1n) is 5.19. The first-order chi connectivity index (χ1) is 7.97. The molecule has 0 aliphatic rings. The average Bonchev–Trinajstić information content (AvgIpc) is 2.29. The number of rotatable bonds is 6. The number of nitrogens with one attached hydrogen (secondary N) is 1. The highest BCUT2D eigenvalue weighted by molar-refractivity contribution is 7.89. The van der Waals surface area contributed by atoms with Crippen molar-refractivity contribution in [3.8, 4) is 0 Å². The van der Waals surface area contributed by atoms with Gasteiger partial charge in [0.1, 0.15) is 4.90 Å². The number of thiocarbonyl (C=S) groups is 1. The van der Waals surface area contributed by atoms with E-state index in [0.29, 0.717) is 6.42 Å². The zero-order chi connectivity index (χ0) is 12.9. The molecule has 3 N–H and O–H groups in total. The van der Waals surface area contributed by atoms with Crippen LogP contribution in [0.1, 0.15) is 19.8 Å². The van der Waals surface area contributed by atoms with Gasteiger partial charge >= 0.3 is 0 Å². The van der Waals surface area contributed by atoms with Crippen LogP contribution in [-0.4, -0.2) is 24.4 Å². The fraction of sp³-hybridized carbons (Fsp3) is 0.400. The third-order valence-corrected chi connectivity index (χ3v) is 3.90. The Morgan fingerprint density at radius 1 is 1.65 bits per heavy atom. The standard InChI is InChI=1S/C10H15N3O2S2/c1-2-4-9(10(11)16)13-17(14,15)8-5-3-6-12-7-8/h3,5-7,9,13H,2,4H2,1H3,(H2,11,16). The molecule has 1 aromatic heterocycles. The maximum Gasteiger partial charge on any atom is 0.242 e. The van der Waals surface area contributed by atoms with Crippen LogP contribution in [0.3, 0.4) is 0 Å². The maximum atomic E-state index is 12.0. The molecule has 0 aliphatic carbocycles. The van der Waals surface area contributed by atoms with E-state index in [2.05, 4.69) is 9.71 Å². The van der Waals surface area contributed by atoms with Crippen molar-refractivity contribution in [3.05, 3.63) is 24.5 Å². The highest BCUT2D eigenvalue weighted by Crippen LogP contribution is 2.08. The molecule has 0 spiro atoms. The van der Waals surface area contributed by atoms with Crippen LogP contribution in [0.2, 0.25) is 0 Å². The van der Waals surface area contributed by atoms with Gasteiger partial charge in [0.05, 0.1) is 11.0 Å². The lowest BCUT2D eigenvalue weighted by atomic mass is 10.2. The molecule has 0 aromatic carbocycles. The van der Waals surface area contributed by atoms with E-state index in [-0.39, 0.29) is 9.88 Å². The lowest BCUT2D eigenvalue weighted by Gasteiger charge is -2.16. The van der Waals surface area contributed by atoms with Crippen molar-refractivity contribution < 1.29 is 8.42 Å². The van der Waals surface area contributed by atoms with Gasteiger partial charge in [-0.3, -0.25) is 4.98 Å². The van der Waals surface area contributed by atoms with Gasteiger partial charge in [0.2, 0.25) is 10.0 Å². The van der Waals surface area contributed by atoms with Crippen molar-refractivity contribution >= 4 is 27.2 Å². The Hall–Kier alpha value is -1.05. The van der Waals surface area contributed by atoms with E-state index in [0.717, 1.165) is 6.42 Å². The van der Waals surface area contributed by atoms with Crippen molar-refractivity contribution in [2.45, 2.75) is 30.7 Å². The summed E-state index contributed by atoms with van der Waals surface area (Å²) in [5.74, 6) is 0. The summed E-state index contributed by atoms with van der Waals surface area (Å²) < 4.78 is 26.4. The van der Waals surface area contributed by atoms with E-state index in [4.69, 9.17) is 18.0 Å². The van der Waals surface area contributed by atoms with Crippen molar-refractivity contribution in [1.29, 1.82) is 0 Å². The minimum atomic E-state index is -3.61. The fourth-order valence-electron chi connectivity index (χ4n) is 1.31. The SMILES string of the molecule is CCCC(NS(=O)(=O)c1cccnc1)C(N)=S. The van der Waals surface area contributed by atoms with Crippen LogP contribution < -0.4 is 10.5 Å². The highest BCUT2D eigenvalue weighted by Gasteiger charge is 2.21. The molecular weight excluding hydrogens is 258 g/mol. The zero-order valence-electron chi connectivity index (χ0n) is 9.46. The molecule has 0 amide bonds. The van der Waals surface area contributed by atoms with E-state index in [1.54, 1.807) is 6.07 Å². The van der Waals surface area contributed by atoms with Gasteiger partial charge < -0.3 is 5.73 Å². The molecule has 1 aromatic rings. The summed E-state index contributed by atoms with van der Waals surface area (Å²) in [6, 6.07) is 2.52. The Morgan fingerprint density at radius 3 is 2.82 bits per heavy atom. The van der Waals surface area contributed by atoms with Gasteiger partial charge in [0, 0.05) is 12.4 Å². The maximum absolute atomic E-state index is 12.0. The number of aromatic nitrogens is 1. The average molecular weight is 273 g/mol. The minimum absolute atomic E-state index is 0.109. The molecule has 94 valence electrons. The first kappa shape index (κ1) is 14.0. The molecule has 1 rings (SSSR count). The van der Waals surface area contributed by atoms with Gasteiger partial charge in [-0.05, 0) is 18.6 Å². The Balaban J connectivity index is 2.89.